The normalized spacial score (nSPS) is 12.4. The average Bonchev–Trinajstić information content (AvgIpc) is 2.68. The summed E-state index contributed by atoms with van der Waals surface area (Å²) in [6.45, 7) is 8.78. The topological polar surface area (TPSA) is 24.7 Å². The van der Waals surface area contributed by atoms with Crippen molar-refractivity contribution in [3.63, 3.8) is 0 Å². The molecule has 0 radical (unpaired) electrons. The molecule has 2 rings (SSSR count). The molecule has 0 aliphatic rings. The van der Waals surface area contributed by atoms with Crippen LogP contribution in [0.5, 0.6) is 0 Å². The lowest BCUT2D eigenvalue weighted by Crippen LogP contribution is -2.14. The Morgan fingerprint density at radius 3 is 1.93 bits per heavy atom. The van der Waals surface area contributed by atoms with Gasteiger partial charge in [-0.1, -0.05) is 57.4 Å². The van der Waals surface area contributed by atoms with E-state index in [0.717, 1.165) is 42.1 Å². The van der Waals surface area contributed by atoms with Crippen molar-refractivity contribution >= 4 is 22.8 Å². The second-order valence-electron chi connectivity index (χ2n) is 7.28. The van der Waals surface area contributed by atoms with Gasteiger partial charge in [0.2, 0.25) is 0 Å². The molecule has 0 amide bonds. The quantitative estimate of drug-likeness (QED) is 0.303. The SMILES string of the molecule is CCCCCC(=Nc1ccccc1)C(CCCC)=Nc1ccc(C)c(C)c1. The molecule has 0 unspecified atom stereocenters. The standard InChI is InChI=1S/C25H34N2/c1-5-7-10-16-25(26-22-13-11-9-12-14-22)24(15-8-6-2)27-23-18-17-20(3)21(4)19-23/h9,11-14,17-19H,5-8,10,15-16H2,1-4H3. The van der Waals surface area contributed by atoms with Crippen molar-refractivity contribution in [1.29, 1.82) is 0 Å². The summed E-state index contributed by atoms with van der Waals surface area (Å²) in [4.78, 5) is 10.1. The first-order valence-corrected chi connectivity index (χ1v) is 10.4. The highest BCUT2D eigenvalue weighted by Gasteiger charge is 2.10. The summed E-state index contributed by atoms with van der Waals surface area (Å²) in [5.74, 6) is 0. The highest BCUT2D eigenvalue weighted by Crippen LogP contribution is 2.21. The molecule has 2 heteroatoms. The largest absolute Gasteiger partial charge is 0.252 e. The Balaban J connectivity index is 2.40. The molecule has 0 heterocycles. The number of aryl methyl sites for hydroxylation is 2. The molecule has 2 aromatic carbocycles. The van der Waals surface area contributed by atoms with Gasteiger partial charge < -0.3 is 0 Å². The van der Waals surface area contributed by atoms with Crippen LogP contribution >= 0.6 is 0 Å². The van der Waals surface area contributed by atoms with Gasteiger partial charge in [0, 0.05) is 0 Å². The van der Waals surface area contributed by atoms with Gasteiger partial charge in [0.15, 0.2) is 0 Å². The maximum atomic E-state index is 5.06. The molecule has 0 spiro atoms. The van der Waals surface area contributed by atoms with Crippen molar-refractivity contribution in [1.82, 2.24) is 0 Å². The second kappa shape index (κ2) is 11.5. The zero-order valence-electron chi connectivity index (χ0n) is 17.5. The highest BCUT2D eigenvalue weighted by molar-refractivity contribution is 6.43. The van der Waals surface area contributed by atoms with Crippen LogP contribution in [0.2, 0.25) is 0 Å². The number of hydrogen-bond donors (Lipinski definition) is 0. The van der Waals surface area contributed by atoms with Crippen LogP contribution in [0.15, 0.2) is 58.5 Å². The molecule has 0 fully saturated rings. The Hall–Kier alpha value is -2.22. The number of aliphatic imine (C=N–C) groups is 2. The van der Waals surface area contributed by atoms with E-state index >= 15 is 0 Å². The summed E-state index contributed by atoms with van der Waals surface area (Å²) in [7, 11) is 0. The van der Waals surface area contributed by atoms with Crippen molar-refractivity contribution in [2.75, 3.05) is 0 Å². The van der Waals surface area contributed by atoms with Crippen LogP contribution in [0.3, 0.4) is 0 Å². The summed E-state index contributed by atoms with van der Waals surface area (Å²) in [5.41, 5.74) is 6.97. The van der Waals surface area contributed by atoms with Crippen LogP contribution in [0.25, 0.3) is 0 Å². The van der Waals surface area contributed by atoms with Crippen LogP contribution in [0.1, 0.15) is 69.9 Å². The minimum absolute atomic E-state index is 0.987. The van der Waals surface area contributed by atoms with E-state index in [9.17, 15) is 0 Å². The van der Waals surface area contributed by atoms with Gasteiger partial charge in [0.1, 0.15) is 0 Å². The lowest BCUT2D eigenvalue weighted by Gasteiger charge is -2.12. The molecule has 27 heavy (non-hydrogen) atoms. The summed E-state index contributed by atoms with van der Waals surface area (Å²) in [6, 6.07) is 16.8. The van der Waals surface area contributed by atoms with Gasteiger partial charge in [-0.05, 0) is 74.9 Å². The number of hydrogen-bond acceptors (Lipinski definition) is 2. The zero-order valence-corrected chi connectivity index (χ0v) is 17.5. The third-order valence-corrected chi connectivity index (χ3v) is 4.89. The van der Waals surface area contributed by atoms with Crippen molar-refractivity contribution in [2.24, 2.45) is 9.98 Å². The first-order chi connectivity index (χ1) is 13.1. The van der Waals surface area contributed by atoms with Crippen molar-refractivity contribution in [3.05, 3.63) is 59.7 Å². The Morgan fingerprint density at radius 2 is 1.30 bits per heavy atom. The Labute approximate surface area is 165 Å². The minimum Gasteiger partial charge on any atom is -0.252 e. The van der Waals surface area contributed by atoms with Gasteiger partial charge in [-0.15, -0.1) is 0 Å². The van der Waals surface area contributed by atoms with E-state index in [1.165, 1.54) is 36.8 Å². The van der Waals surface area contributed by atoms with E-state index in [-0.39, 0.29) is 0 Å². The van der Waals surface area contributed by atoms with E-state index in [4.69, 9.17) is 9.98 Å². The summed E-state index contributed by atoms with van der Waals surface area (Å²) < 4.78 is 0. The molecule has 0 saturated carbocycles. The molecule has 0 aromatic heterocycles. The Kier molecular flexibility index (Phi) is 8.97. The molecule has 2 nitrogen and oxygen atoms in total. The lowest BCUT2D eigenvalue weighted by molar-refractivity contribution is 0.742. The van der Waals surface area contributed by atoms with Gasteiger partial charge in [-0.3, -0.25) is 9.98 Å². The lowest BCUT2D eigenvalue weighted by atomic mass is 10.0. The molecule has 0 aliphatic carbocycles. The first-order valence-electron chi connectivity index (χ1n) is 10.4. The predicted octanol–water partition coefficient (Wildman–Crippen LogP) is 7.92. The van der Waals surface area contributed by atoms with Crippen LogP contribution in [0, 0.1) is 13.8 Å². The van der Waals surface area contributed by atoms with Gasteiger partial charge in [-0.25, -0.2) is 0 Å². The van der Waals surface area contributed by atoms with Crippen molar-refractivity contribution in [2.45, 2.75) is 72.6 Å². The fourth-order valence-electron chi connectivity index (χ4n) is 3.03. The van der Waals surface area contributed by atoms with Crippen molar-refractivity contribution < 1.29 is 0 Å². The van der Waals surface area contributed by atoms with E-state index in [0.29, 0.717) is 0 Å². The molecular weight excluding hydrogens is 328 g/mol. The van der Waals surface area contributed by atoms with E-state index in [2.05, 4.69) is 70.2 Å². The number of para-hydroxylation sites is 1. The van der Waals surface area contributed by atoms with Gasteiger partial charge in [-0.2, -0.15) is 0 Å². The molecule has 0 aliphatic heterocycles. The molecular formula is C25H34N2. The molecule has 0 saturated heterocycles. The second-order valence-corrected chi connectivity index (χ2v) is 7.28. The fourth-order valence-corrected chi connectivity index (χ4v) is 3.03. The summed E-state index contributed by atoms with van der Waals surface area (Å²) in [6.07, 6.45) is 7.91. The average molecular weight is 363 g/mol. The van der Waals surface area contributed by atoms with Gasteiger partial charge in [0.25, 0.3) is 0 Å². The molecule has 0 atom stereocenters. The molecule has 0 N–H and O–H groups in total. The third-order valence-electron chi connectivity index (χ3n) is 4.89. The van der Waals surface area contributed by atoms with Crippen molar-refractivity contribution in [3.8, 4) is 0 Å². The molecule has 2 aromatic rings. The van der Waals surface area contributed by atoms with E-state index in [1.54, 1.807) is 0 Å². The van der Waals surface area contributed by atoms with Crippen LogP contribution in [0.4, 0.5) is 11.4 Å². The number of benzene rings is 2. The summed E-state index contributed by atoms with van der Waals surface area (Å²) in [5, 5.41) is 0. The van der Waals surface area contributed by atoms with Crippen LogP contribution in [-0.2, 0) is 0 Å². The maximum absolute atomic E-state index is 5.06. The fraction of sp³-hybridized carbons (Fsp3) is 0.440. The van der Waals surface area contributed by atoms with Crippen LogP contribution < -0.4 is 0 Å². The minimum atomic E-state index is 0.987. The van der Waals surface area contributed by atoms with E-state index in [1.807, 2.05) is 6.07 Å². The summed E-state index contributed by atoms with van der Waals surface area (Å²) >= 11 is 0. The Morgan fingerprint density at radius 1 is 0.667 bits per heavy atom. The van der Waals surface area contributed by atoms with Crippen LogP contribution in [-0.4, -0.2) is 11.4 Å². The van der Waals surface area contributed by atoms with Gasteiger partial charge in [0.05, 0.1) is 22.8 Å². The Bertz CT molecular complexity index is 757. The zero-order chi connectivity index (χ0) is 19.5. The van der Waals surface area contributed by atoms with Gasteiger partial charge >= 0.3 is 0 Å². The number of unbranched alkanes of at least 4 members (excludes halogenated alkanes) is 3. The number of rotatable bonds is 10. The monoisotopic (exact) mass is 362 g/mol. The maximum Gasteiger partial charge on any atom is 0.0636 e. The third kappa shape index (κ3) is 7.13. The smallest absolute Gasteiger partial charge is 0.0636 e. The predicted molar refractivity (Wildman–Crippen MR) is 120 cm³/mol. The highest BCUT2D eigenvalue weighted by atomic mass is 14.8. The number of nitrogens with zero attached hydrogens (tertiary/aromatic N) is 2. The molecule has 144 valence electrons. The van der Waals surface area contributed by atoms with E-state index < -0.39 is 0 Å². The first kappa shape index (κ1) is 21.1. The molecule has 0 bridgehead atoms.